The topological polar surface area (TPSA) is 29.1 Å². The number of rotatable bonds is 3. The van der Waals surface area contributed by atoms with Crippen molar-refractivity contribution in [3.05, 3.63) is 49.2 Å². The van der Waals surface area contributed by atoms with Gasteiger partial charge in [-0.15, -0.1) is 0 Å². The van der Waals surface area contributed by atoms with E-state index in [0.29, 0.717) is 11.4 Å². The van der Waals surface area contributed by atoms with Crippen molar-refractivity contribution >= 4 is 57.1 Å². The van der Waals surface area contributed by atoms with Gasteiger partial charge in [0.05, 0.1) is 12.1 Å². The third-order valence-electron chi connectivity index (χ3n) is 2.15. The molecule has 0 saturated heterocycles. The van der Waals surface area contributed by atoms with E-state index >= 15 is 0 Å². The highest BCUT2D eigenvalue weighted by Crippen LogP contribution is 2.22. The predicted molar refractivity (Wildman–Crippen MR) is 80.8 cm³/mol. The number of benzene rings is 1. The van der Waals surface area contributed by atoms with Crippen LogP contribution in [0.1, 0.15) is 5.56 Å². The fourth-order valence-corrected chi connectivity index (χ4v) is 3.04. The molecule has 2 nitrogen and oxygen atoms in total. The maximum absolute atomic E-state index is 11.8. The van der Waals surface area contributed by atoms with Crippen LogP contribution in [0.4, 0.5) is 5.69 Å². The van der Waals surface area contributed by atoms with E-state index in [0.717, 1.165) is 14.8 Å². The Morgan fingerprint density at radius 3 is 2.88 bits per heavy atom. The molecule has 0 unspecified atom stereocenters. The fourth-order valence-electron chi connectivity index (χ4n) is 1.36. The maximum Gasteiger partial charge on any atom is 0.228 e. The van der Waals surface area contributed by atoms with Gasteiger partial charge in [-0.25, -0.2) is 0 Å². The van der Waals surface area contributed by atoms with E-state index in [2.05, 4.69) is 27.9 Å². The third-order valence-corrected chi connectivity index (χ3v) is 4.01. The highest BCUT2D eigenvalue weighted by atomic mass is 127. The number of carbonyl (C=O) groups excluding carboxylic acids is 1. The van der Waals surface area contributed by atoms with Gasteiger partial charge < -0.3 is 5.32 Å². The zero-order valence-corrected chi connectivity index (χ0v) is 12.5. The second-order valence-electron chi connectivity index (χ2n) is 3.48. The van der Waals surface area contributed by atoms with E-state index in [-0.39, 0.29) is 5.91 Å². The molecule has 0 aliphatic rings. The summed E-state index contributed by atoms with van der Waals surface area (Å²) in [7, 11) is 0. The van der Waals surface area contributed by atoms with Gasteiger partial charge in [0.25, 0.3) is 0 Å². The highest BCUT2D eigenvalue weighted by Gasteiger charge is 2.07. The van der Waals surface area contributed by atoms with Crippen LogP contribution in [0, 0.1) is 3.57 Å². The highest BCUT2D eigenvalue weighted by molar-refractivity contribution is 14.1. The lowest BCUT2D eigenvalue weighted by Gasteiger charge is -2.07. The number of halogens is 2. The normalized spacial score (nSPS) is 10.2. The van der Waals surface area contributed by atoms with Gasteiger partial charge in [-0.3, -0.25) is 4.79 Å². The Morgan fingerprint density at radius 1 is 1.41 bits per heavy atom. The van der Waals surface area contributed by atoms with E-state index in [4.69, 9.17) is 11.6 Å². The summed E-state index contributed by atoms with van der Waals surface area (Å²) >= 11 is 9.60. The van der Waals surface area contributed by atoms with Gasteiger partial charge >= 0.3 is 0 Å². The van der Waals surface area contributed by atoms with Crippen molar-refractivity contribution < 1.29 is 4.79 Å². The average Bonchev–Trinajstić information content (AvgIpc) is 2.75. The van der Waals surface area contributed by atoms with Crippen molar-refractivity contribution in [2.75, 3.05) is 5.32 Å². The van der Waals surface area contributed by atoms with Crippen LogP contribution >= 0.6 is 45.5 Å². The first-order chi connectivity index (χ1) is 8.15. The first-order valence-electron chi connectivity index (χ1n) is 4.91. The summed E-state index contributed by atoms with van der Waals surface area (Å²) in [4.78, 5) is 11.8. The number of hydrogen-bond acceptors (Lipinski definition) is 2. The molecule has 2 aromatic rings. The van der Waals surface area contributed by atoms with Crippen molar-refractivity contribution in [1.82, 2.24) is 0 Å². The van der Waals surface area contributed by atoms with Gasteiger partial charge in [-0.05, 0) is 63.2 Å². The zero-order valence-electron chi connectivity index (χ0n) is 8.74. The lowest BCUT2D eigenvalue weighted by atomic mass is 10.2. The monoisotopic (exact) mass is 377 g/mol. The Hall–Kier alpha value is -0.590. The van der Waals surface area contributed by atoms with E-state index in [1.165, 1.54) is 0 Å². The van der Waals surface area contributed by atoms with E-state index < -0.39 is 0 Å². The van der Waals surface area contributed by atoms with Gasteiger partial charge in [0, 0.05) is 8.59 Å². The van der Waals surface area contributed by atoms with Crippen molar-refractivity contribution in [2.45, 2.75) is 6.42 Å². The lowest BCUT2D eigenvalue weighted by molar-refractivity contribution is -0.115. The Balaban J connectivity index is 2.03. The zero-order chi connectivity index (χ0) is 12.3. The summed E-state index contributed by atoms with van der Waals surface area (Å²) in [5, 5.41) is 7.49. The summed E-state index contributed by atoms with van der Waals surface area (Å²) in [5.74, 6) is -0.0105. The smallest absolute Gasteiger partial charge is 0.228 e. The molecule has 0 atom stereocenters. The molecule has 1 aromatic carbocycles. The molecule has 1 heterocycles. The summed E-state index contributed by atoms with van der Waals surface area (Å²) in [5.41, 5.74) is 1.84. The molecule has 0 aliphatic carbocycles. The van der Waals surface area contributed by atoms with Crippen LogP contribution in [0.15, 0.2) is 35.0 Å². The summed E-state index contributed by atoms with van der Waals surface area (Å²) in [6, 6.07) is 7.36. The molecule has 5 heteroatoms. The largest absolute Gasteiger partial charge is 0.325 e. The molecule has 0 bridgehead atoms. The van der Waals surface area contributed by atoms with E-state index in [9.17, 15) is 4.79 Å². The molecule has 0 aliphatic heterocycles. The molecule has 2 rings (SSSR count). The molecular weight excluding hydrogens is 369 g/mol. The van der Waals surface area contributed by atoms with Gasteiger partial charge in [-0.1, -0.05) is 11.6 Å². The first kappa shape index (κ1) is 12.9. The van der Waals surface area contributed by atoms with Crippen LogP contribution in [0.5, 0.6) is 0 Å². The maximum atomic E-state index is 11.8. The molecule has 1 N–H and O–H groups in total. The second kappa shape index (κ2) is 5.84. The number of carbonyl (C=O) groups is 1. The van der Waals surface area contributed by atoms with Crippen molar-refractivity contribution in [3.8, 4) is 0 Å². The van der Waals surface area contributed by atoms with Crippen molar-refractivity contribution in [2.24, 2.45) is 0 Å². The van der Waals surface area contributed by atoms with Crippen LogP contribution in [-0.2, 0) is 11.2 Å². The molecule has 0 radical (unpaired) electrons. The van der Waals surface area contributed by atoms with Crippen LogP contribution in [0.2, 0.25) is 5.02 Å². The quantitative estimate of drug-likeness (QED) is 0.799. The summed E-state index contributed by atoms with van der Waals surface area (Å²) in [6.07, 6.45) is 0.405. The standard InChI is InChI=1S/C12H9ClINOS/c13-9-1-2-11(10(14)6-9)15-12(16)5-8-3-4-17-7-8/h1-4,6-7H,5H2,(H,15,16). The van der Waals surface area contributed by atoms with Gasteiger partial charge in [-0.2, -0.15) is 11.3 Å². The summed E-state index contributed by atoms with van der Waals surface area (Å²) < 4.78 is 0.939. The first-order valence-corrected chi connectivity index (χ1v) is 7.31. The molecule has 1 aromatic heterocycles. The Kier molecular flexibility index (Phi) is 4.42. The lowest BCUT2D eigenvalue weighted by Crippen LogP contribution is -2.14. The number of thiophene rings is 1. The molecule has 17 heavy (non-hydrogen) atoms. The minimum atomic E-state index is -0.0105. The molecule has 0 spiro atoms. The number of amides is 1. The predicted octanol–water partition coefficient (Wildman–Crippen LogP) is 4.19. The van der Waals surface area contributed by atoms with Crippen LogP contribution < -0.4 is 5.32 Å². The summed E-state index contributed by atoms with van der Waals surface area (Å²) in [6.45, 7) is 0. The third kappa shape index (κ3) is 3.69. The van der Waals surface area contributed by atoms with Gasteiger partial charge in [0.2, 0.25) is 5.91 Å². The number of hydrogen-bond donors (Lipinski definition) is 1. The molecular formula is C12H9ClINOS. The minimum absolute atomic E-state index is 0.0105. The van der Waals surface area contributed by atoms with Crippen LogP contribution in [-0.4, -0.2) is 5.91 Å². The average molecular weight is 378 g/mol. The van der Waals surface area contributed by atoms with E-state index in [1.54, 1.807) is 17.4 Å². The Labute approximate surface area is 122 Å². The van der Waals surface area contributed by atoms with Crippen molar-refractivity contribution in [1.29, 1.82) is 0 Å². The fraction of sp³-hybridized carbons (Fsp3) is 0.0833. The van der Waals surface area contributed by atoms with Crippen LogP contribution in [0.3, 0.4) is 0 Å². The van der Waals surface area contributed by atoms with Gasteiger partial charge in [0.15, 0.2) is 0 Å². The Bertz CT molecular complexity index is 527. The molecule has 0 fully saturated rings. The SMILES string of the molecule is O=C(Cc1ccsc1)Nc1ccc(Cl)cc1I. The number of anilines is 1. The second-order valence-corrected chi connectivity index (χ2v) is 5.86. The van der Waals surface area contributed by atoms with Crippen molar-refractivity contribution in [3.63, 3.8) is 0 Å². The molecule has 1 amide bonds. The molecule has 0 saturated carbocycles. The van der Waals surface area contributed by atoms with E-state index in [1.807, 2.05) is 29.0 Å². The van der Waals surface area contributed by atoms with Crippen LogP contribution in [0.25, 0.3) is 0 Å². The van der Waals surface area contributed by atoms with Gasteiger partial charge in [0.1, 0.15) is 0 Å². The molecule has 88 valence electrons. The minimum Gasteiger partial charge on any atom is -0.325 e. The Morgan fingerprint density at radius 2 is 2.24 bits per heavy atom. The number of nitrogens with one attached hydrogen (secondary N) is 1.